The zero-order valence-electron chi connectivity index (χ0n) is 10.8. The van der Waals surface area contributed by atoms with Crippen LogP contribution in [0.15, 0.2) is 24.7 Å². The highest BCUT2D eigenvalue weighted by atomic mass is 16.5. The van der Waals surface area contributed by atoms with Gasteiger partial charge in [-0.15, -0.1) is 0 Å². The molecule has 0 aliphatic heterocycles. The normalized spacial score (nSPS) is 10.2. The van der Waals surface area contributed by atoms with E-state index in [1.54, 1.807) is 25.7 Å². The summed E-state index contributed by atoms with van der Waals surface area (Å²) >= 11 is 0. The van der Waals surface area contributed by atoms with E-state index in [4.69, 9.17) is 4.74 Å². The van der Waals surface area contributed by atoms with Crippen molar-refractivity contribution in [3.8, 4) is 5.88 Å². The number of ether oxygens (including phenoxy) is 1. The molecule has 0 aliphatic rings. The van der Waals surface area contributed by atoms with Gasteiger partial charge in [0.25, 0.3) is 0 Å². The molecule has 0 spiro atoms. The first-order valence-corrected chi connectivity index (χ1v) is 5.65. The third kappa shape index (κ3) is 2.53. The highest BCUT2D eigenvalue weighted by Crippen LogP contribution is 2.32. The molecule has 0 bridgehead atoms. The van der Waals surface area contributed by atoms with Crippen molar-refractivity contribution >= 4 is 11.4 Å². The molecule has 0 unspecified atom stereocenters. The number of H-pyrrole nitrogens is 1. The van der Waals surface area contributed by atoms with E-state index < -0.39 is 0 Å². The minimum Gasteiger partial charge on any atom is -0.479 e. The Kier molecular flexibility index (Phi) is 3.66. The van der Waals surface area contributed by atoms with Crippen molar-refractivity contribution in [2.24, 2.45) is 0 Å². The second-order valence-electron chi connectivity index (χ2n) is 4.00. The monoisotopic (exact) mass is 247 g/mol. The average molecular weight is 247 g/mol. The first-order valence-electron chi connectivity index (χ1n) is 5.65. The molecule has 0 amide bonds. The molecule has 0 saturated carbocycles. The van der Waals surface area contributed by atoms with Crippen LogP contribution < -0.4 is 15.0 Å². The summed E-state index contributed by atoms with van der Waals surface area (Å²) in [6.07, 6.45) is 5.25. The number of methoxy groups -OCH3 is 1. The lowest BCUT2D eigenvalue weighted by atomic mass is 10.3. The van der Waals surface area contributed by atoms with E-state index in [0.717, 1.165) is 17.2 Å². The van der Waals surface area contributed by atoms with Crippen molar-refractivity contribution in [3.63, 3.8) is 0 Å². The van der Waals surface area contributed by atoms with Gasteiger partial charge in [-0.3, -0.25) is 0 Å². The van der Waals surface area contributed by atoms with E-state index in [0.29, 0.717) is 12.4 Å². The van der Waals surface area contributed by atoms with Crippen LogP contribution in [-0.2, 0) is 6.54 Å². The molecule has 0 fully saturated rings. The van der Waals surface area contributed by atoms with Crippen molar-refractivity contribution in [1.29, 1.82) is 0 Å². The first-order chi connectivity index (χ1) is 8.72. The highest BCUT2D eigenvalue weighted by Gasteiger charge is 2.11. The number of anilines is 2. The van der Waals surface area contributed by atoms with Crippen LogP contribution in [0.3, 0.4) is 0 Å². The number of aromatic amines is 1. The summed E-state index contributed by atoms with van der Waals surface area (Å²) in [5, 5.41) is 3.29. The Morgan fingerprint density at radius 2 is 2.17 bits per heavy atom. The molecule has 96 valence electrons. The number of rotatable bonds is 5. The van der Waals surface area contributed by atoms with E-state index in [9.17, 15) is 0 Å². The number of hydrogen-bond acceptors (Lipinski definition) is 5. The number of nitrogens with one attached hydrogen (secondary N) is 2. The summed E-state index contributed by atoms with van der Waals surface area (Å²) in [6, 6.07) is 1.94. The lowest BCUT2D eigenvalue weighted by Crippen LogP contribution is -2.13. The van der Waals surface area contributed by atoms with E-state index in [-0.39, 0.29) is 0 Å². The van der Waals surface area contributed by atoms with E-state index in [2.05, 4.69) is 20.3 Å². The molecule has 0 saturated heterocycles. The van der Waals surface area contributed by atoms with Gasteiger partial charge in [0.15, 0.2) is 0 Å². The second kappa shape index (κ2) is 5.39. The van der Waals surface area contributed by atoms with Crippen molar-refractivity contribution in [2.75, 3.05) is 31.4 Å². The van der Waals surface area contributed by atoms with Gasteiger partial charge in [0.1, 0.15) is 11.5 Å². The van der Waals surface area contributed by atoms with Crippen LogP contribution >= 0.6 is 0 Å². The molecule has 2 aromatic rings. The van der Waals surface area contributed by atoms with Crippen molar-refractivity contribution < 1.29 is 4.74 Å². The van der Waals surface area contributed by atoms with Crippen molar-refractivity contribution in [2.45, 2.75) is 6.54 Å². The molecular formula is C12H17N5O. The fourth-order valence-corrected chi connectivity index (χ4v) is 1.69. The molecule has 18 heavy (non-hydrogen) atoms. The second-order valence-corrected chi connectivity index (χ2v) is 4.00. The van der Waals surface area contributed by atoms with E-state index in [1.807, 2.05) is 25.1 Å². The quantitative estimate of drug-likeness (QED) is 0.838. The smallest absolute Gasteiger partial charge is 0.239 e. The van der Waals surface area contributed by atoms with Crippen LogP contribution in [0.4, 0.5) is 11.4 Å². The average Bonchev–Trinajstić information content (AvgIpc) is 2.88. The van der Waals surface area contributed by atoms with Crippen molar-refractivity contribution in [3.05, 3.63) is 30.5 Å². The summed E-state index contributed by atoms with van der Waals surface area (Å²) in [6.45, 7) is 0.593. The fraction of sp³-hybridized carbons (Fsp3) is 0.333. The molecule has 6 heteroatoms. The number of nitrogens with zero attached hydrogens (tertiary/aromatic N) is 3. The number of aromatic nitrogens is 3. The third-order valence-electron chi connectivity index (χ3n) is 2.56. The molecule has 0 aliphatic carbocycles. The molecule has 0 atom stereocenters. The van der Waals surface area contributed by atoms with Gasteiger partial charge in [-0.2, -0.15) is 0 Å². The molecule has 2 aromatic heterocycles. The van der Waals surface area contributed by atoms with E-state index >= 15 is 0 Å². The first kappa shape index (κ1) is 12.2. The SMILES string of the molecule is COc1nccc(N(C)C)c1NCc1ncc[nH]1. The van der Waals surface area contributed by atoms with Gasteiger partial charge in [0, 0.05) is 32.7 Å². The van der Waals surface area contributed by atoms with Gasteiger partial charge in [-0.05, 0) is 6.07 Å². The molecular weight excluding hydrogens is 230 g/mol. The van der Waals surface area contributed by atoms with Crippen molar-refractivity contribution in [1.82, 2.24) is 15.0 Å². The summed E-state index contributed by atoms with van der Waals surface area (Å²) in [4.78, 5) is 13.4. The maximum Gasteiger partial charge on any atom is 0.239 e. The summed E-state index contributed by atoms with van der Waals surface area (Å²) in [7, 11) is 5.57. The lowest BCUT2D eigenvalue weighted by Gasteiger charge is -2.19. The number of pyridine rings is 1. The fourth-order valence-electron chi connectivity index (χ4n) is 1.69. The van der Waals surface area contributed by atoms with Crippen LogP contribution in [0.2, 0.25) is 0 Å². The van der Waals surface area contributed by atoms with E-state index in [1.165, 1.54) is 0 Å². The zero-order chi connectivity index (χ0) is 13.0. The van der Waals surface area contributed by atoms with Crippen LogP contribution in [0.25, 0.3) is 0 Å². The molecule has 0 aromatic carbocycles. The Bertz CT molecular complexity index is 495. The molecule has 6 nitrogen and oxygen atoms in total. The minimum absolute atomic E-state index is 0.577. The predicted molar refractivity (Wildman–Crippen MR) is 71.0 cm³/mol. The van der Waals surface area contributed by atoms with Gasteiger partial charge < -0.3 is 19.9 Å². The van der Waals surface area contributed by atoms with Crippen LogP contribution in [-0.4, -0.2) is 36.2 Å². The summed E-state index contributed by atoms with van der Waals surface area (Å²) in [5.41, 5.74) is 1.88. The van der Waals surface area contributed by atoms with Crippen LogP contribution in [0.1, 0.15) is 5.82 Å². The molecule has 2 rings (SSSR count). The topological polar surface area (TPSA) is 66.1 Å². The Morgan fingerprint density at radius 3 is 2.78 bits per heavy atom. The number of hydrogen-bond donors (Lipinski definition) is 2. The molecule has 2 heterocycles. The maximum absolute atomic E-state index is 5.28. The standard InChI is InChI=1S/C12H17N5O/c1-17(2)9-4-5-15-12(18-3)11(9)16-8-10-13-6-7-14-10/h4-7,16H,8H2,1-3H3,(H,13,14). The number of imidazole rings is 1. The molecule has 2 N–H and O–H groups in total. The Hall–Kier alpha value is -2.24. The minimum atomic E-state index is 0.577. The maximum atomic E-state index is 5.28. The Morgan fingerprint density at radius 1 is 1.33 bits per heavy atom. The largest absolute Gasteiger partial charge is 0.479 e. The Balaban J connectivity index is 2.23. The Labute approximate surface area is 106 Å². The molecule has 0 radical (unpaired) electrons. The van der Waals surface area contributed by atoms with Gasteiger partial charge in [0.2, 0.25) is 5.88 Å². The summed E-state index contributed by atoms with van der Waals surface area (Å²) in [5.74, 6) is 1.44. The zero-order valence-corrected chi connectivity index (χ0v) is 10.8. The van der Waals surface area contributed by atoms with Crippen LogP contribution in [0, 0.1) is 0 Å². The third-order valence-corrected chi connectivity index (χ3v) is 2.56. The predicted octanol–water partition coefficient (Wildman–Crippen LogP) is 1.49. The highest BCUT2D eigenvalue weighted by molar-refractivity contribution is 5.74. The van der Waals surface area contributed by atoms with Gasteiger partial charge in [0.05, 0.1) is 19.3 Å². The van der Waals surface area contributed by atoms with Gasteiger partial charge in [-0.1, -0.05) is 0 Å². The lowest BCUT2D eigenvalue weighted by molar-refractivity contribution is 0.400. The van der Waals surface area contributed by atoms with Gasteiger partial charge >= 0.3 is 0 Å². The van der Waals surface area contributed by atoms with Crippen LogP contribution in [0.5, 0.6) is 5.88 Å². The van der Waals surface area contributed by atoms with Gasteiger partial charge in [-0.25, -0.2) is 9.97 Å². The summed E-state index contributed by atoms with van der Waals surface area (Å²) < 4.78 is 5.28.